The molecule has 3 heterocycles. The minimum Gasteiger partial charge on any atom is -0.497 e. The molecule has 4 rings (SSSR count). The fraction of sp³-hybridized carbons (Fsp3) is 0.133. The van der Waals surface area contributed by atoms with Gasteiger partial charge in [-0.3, -0.25) is 0 Å². The van der Waals surface area contributed by atoms with Crippen LogP contribution in [0.1, 0.15) is 0 Å². The normalized spacial score (nSPS) is 10.8. The molecular formula is C15H14ClN5O. The van der Waals surface area contributed by atoms with Crippen LogP contribution in [0.3, 0.4) is 0 Å². The molecule has 4 aromatic rings. The molecule has 1 N–H and O–H groups in total. The minimum absolute atomic E-state index is 0. The quantitative estimate of drug-likeness (QED) is 0.617. The van der Waals surface area contributed by atoms with Crippen molar-refractivity contribution in [2.75, 3.05) is 7.11 Å². The van der Waals surface area contributed by atoms with Gasteiger partial charge in [0, 0.05) is 18.0 Å². The summed E-state index contributed by atoms with van der Waals surface area (Å²) < 4.78 is 7.14. The van der Waals surface area contributed by atoms with Crippen molar-refractivity contribution in [3.8, 4) is 17.3 Å². The first kappa shape index (κ1) is 14.3. The Morgan fingerprint density at radius 2 is 2.05 bits per heavy atom. The van der Waals surface area contributed by atoms with Gasteiger partial charge in [0.15, 0.2) is 11.5 Å². The van der Waals surface area contributed by atoms with E-state index in [1.54, 1.807) is 19.6 Å². The van der Waals surface area contributed by atoms with E-state index in [9.17, 15) is 0 Å². The summed E-state index contributed by atoms with van der Waals surface area (Å²) in [5.74, 6) is 1.46. The Balaban J connectivity index is 0.00000144. The molecule has 22 heavy (non-hydrogen) atoms. The molecule has 0 aliphatic rings. The van der Waals surface area contributed by atoms with Gasteiger partial charge in [0.2, 0.25) is 0 Å². The first-order chi connectivity index (χ1) is 10.2. The van der Waals surface area contributed by atoms with Crippen LogP contribution >= 0.6 is 12.4 Å². The number of halogens is 1. The molecule has 0 saturated heterocycles. The lowest BCUT2D eigenvalue weighted by molar-refractivity contribution is 0.415. The van der Waals surface area contributed by atoms with E-state index in [2.05, 4.69) is 19.9 Å². The molecule has 0 fully saturated rings. The predicted molar refractivity (Wildman–Crippen MR) is 87.4 cm³/mol. The van der Waals surface area contributed by atoms with Crippen molar-refractivity contribution in [1.29, 1.82) is 0 Å². The summed E-state index contributed by atoms with van der Waals surface area (Å²) in [7, 11) is 3.58. The van der Waals surface area contributed by atoms with E-state index in [0.717, 1.165) is 27.9 Å². The SMILES string of the molecule is COc1ccc2[nH]c(-c3ncc4c(ncn4C)n3)cc2c1.Cl. The van der Waals surface area contributed by atoms with E-state index < -0.39 is 0 Å². The van der Waals surface area contributed by atoms with E-state index in [1.165, 1.54) is 0 Å². The number of imidazole rings is 1. The van der Waals surface area contributed by atoms with Crippen LogP contribution in [0, 0.1) is 0 Å². The number of hydrogen-bond acceptors (Lipinski definition) is 4. The molecule has 7 heteroatoms. The number of aryl methyl sites for hydroxylation is 1. The molecule has 0 aliphatic heterocycles. The molecule has 0 saturated carbocycles. The van der Waals surface area contributed by atoms with Crippen LogP contribution in [0.4, 0.5) is 0 Å². The minimum atomic E-state index is 0. The number of hydrogen-bond donors (Lipinski definition) is 1. The van der Waals surface area contributed by atoms with Crippen LogP contribution in [0.15, 0.2) is 36.8 Å². The standard InChI is InChI=1S/C15H13N5O.ClH/c1-20-8-17-15-13(20)7-16-14(19-15)12-6-9-5-10(21-2)3-4-11(9)18-12;/h3-8,18H,1-2H3;1H. The van der Waals surface area contributed by atoms with E-state index in [1.807, 2.05) is 35.9 Å². The Bertz CT molecular complexity index is 959. The van der Waals surface area contributed by atoms with Crippen LogP contribution in [0.25, 0.3) is 33.6 Å². The average Bonchev–Trinajstić information content (AvgIpc) is 3.10. The third kappa shape index (κ3) is 2.17. The smallest absolute Gasteiger partial charge is 0.181 e. The van der Waals surface area contributed by atoms with E-state index in [-0.39, 0.29) is 12.4 Å². The van der Waals surface area contributed by atoms with Gasteiger partial charge in [-0.2, -0.15) is 0 Å². The molecule has 3 aromatic heterocycles. The molecule has 0 bridgehead atoms. The highest BCUT2D eigenvalue weighted by Crippen LogP contribution is 2.25. The molecule has 112 valence electrons. The Hall–Kier alpha value is -2.60. The van der Waals surface area contributed by atoms with Crippen molar-refractivity contribution in [2.45, 2.75) is 0 Å². The fourth-order valence-electron chi connectivity index (χ4n) is 2.40. The highest BCUT2D eigenvalue weighted by molar-refractivity contribution is 5.86. The predicted octanol–water partition coefficient (Wildman–Crippen LogP) is 2.94. The molecule has 0 unspecified atom stereocenters. The van der Waals surface area contributed by atoms with Gasteiger partial charge >= 0.3 is 0 Å². The summed E-state index contributed by atoms with van der Waals surface area (Å²) in [5.41, 5.74) is 3.50. The number of aromatic nitrogens is 5. The first-order valence-corrected chi connectivity index (χ1v) is 6.56. The van der Waals surface area contributed by atoms with Crippen LogP contribution in [-0.2, 0) is 7.05 Å². The van der Waals surface area contributed by atoms with Gasteiger partial charge in [-0.25, -0.2) is 15.0 Å². The number of nitrogens with one attached hydrogen (secondary N) is 1. The number of aromatic amines is 1. The van der Waals surface area contributed by atoms with Gasteiger partial charge in [-0.15, -0.1) is 12.4 Å². The summed E-state index contributed by atoms with van der Waals surface area (Å²) in [6, 6.07) is 7.90. The Labute approximate surface area is 132 Å². The maximum Gasteiger partial charge on any atom is 0.181 e. The van der Waals surface area contributed by atoms with E-state index in [4.69, 9.17) is 4.74 Å². The van der Waals surface area contributed by atoms with Crippen molar-refractivity contribution >= 4 is 34.5 Å². The summed E-state index contributed by atoms with van der Waals surface area (Å²) in [6.07, 6.45) is 3.52. The van der Waals surface area contributed by atoms with Crippen LogP contribution < -0.4 is 4.74 Å². The zero-order valence-corrected chi connectivity index (χ0v) is 12.9. The molecule has 0 amide bonds. The van der Waals surface area contributed by atoms with Gasteiger partial charge in [0.05, 0.1) is 25.3 Å². The monoisotopic (exact) mass is 315 g/mol. The molecule has 0 atom stereocenters. The second-order valence-corrected chi connectivity index (χ2v) is 4.89. The Morgan fingerprint density at radius 3 is 2.86 bits per heavy atom. The first-order valence-electron chi connectivity index (χ1n) is 6.56. The zero-order chi connectivity index (χ0) is 14.4. The lowest BCUT2D eigenvalue weighted by Crippen LogP contribution is -1.91. The second kappa shape index (κ2) is 5.31. The maximum atomic E-state index is 5.24. The number of ether oxygens (including phenoxy) is 1. The summed E-state index contributed by atoms with van der Waals surface area (Å²) in [6.45, 7) is 0. The molecule has 6 nitrogen and oxygen atoms in total. The number of rotatable bonds is 2. The highest BCUT2D eigenvalue weighted by Gasteiger charge is 2.09. The van der Waals surface area contributed by atoms with Crippen molar-refractivity contribution in [1.82, 2.24) is 24.5 Å². The Morgan fingerprint density at radius 1 is 1.18 bits per heavy atom. The van der Waals surface area contributed by atoms with Crippen molar-refractivity contribution < 1.29 is 4.74 Å². The lowest BCUT2D eigenvalue weighted by Gasteiger charge is -1.97. The number of benzene rings is 1. The van der Waals surface area contributed by atoms with Crippen LogP contribution in [0.5, 0.6) is 5.75 Å². The largest absolute Gasteiger partial charge is 0.497 e. The van der Waals surface area contributed by atoms with E-state index >= 15 is 0 Å². The molecule has 1 aromatic carbocycles. The third-order valence-electron chi connectivity index (χ3n) is 3.55. The molecular weight excluding hydrogens is 302 g/mol. The van der Waals surface area contributed by atoms with Crippen molar-refractivity contribution in [2.24, 2.45) is 7.05 Å². The van der Waals surface area contributed by atoms with Gasteiger partial charge in [0.25, 0.3) is 0 Å². The lowest BCUT2D eigenvalue weighted by atomic mass is 10.2. The Kier molecular flexibility index (Phi) is 3.46. The molecule has 0 radical (unpaired) electrons. The average molecular weight is 316 g/mol. The maximum absolute atomic E-state index is 5.24. The number of fused-ring (bicyclic) bond motifs is 2. The summed E-state index contributed by atoms with van der Waals surface area (Å²) >= 11 is 0. The van der Waals surface area contributed by atoms with Crippen LogP contribution in [0.2, 0.25) is 0 Å². The zero-order valence-electron chi connectivity index (χ0n) is 12.1. The van der Waals surface area contributed by atoms with Crippen molar-refractivity contribution in [3.63, 3.8) is 0 Å². The number of nitrogens with zero attached hydrogens (tertiary/aromatic N) is 4. The summed E-state index contributed by atoms with van der Waals surface area (Å²) in [5, 5.41) is 1.06. The third-order valence-corrected chi connectivity index (χ3v) is 3.55. The molecule has 0 spiro atoms. The van der Waals surface area contributed by atoms with Crippen molar-refractivity contribution in [3.05, 3.63) is 36.8 Å². The van der Waals surface area contributed by atoms with Gasteiger partial charge < -0.3 is 14.3 Å². The fourth-order valence-corrected chi connectivity index (χ4v) is 2.40. The number of methoxy groups -OCH3 is 1. The summed E-state index contributed by atoms with van der Waals surface area (Å²) in [4.78, 5) is 16.5. The van der Waals surface area contributed by atoms with Gasteiger partial charge in [-0.05, 0) is 24.3 Å². The van der Waals surface area contributed by atoms with Crippen LogP contribution in [-0.4, -0.2) is 31.6 Å². The van der Waals surface area contributed by atoms with E-state index in [0.29, 0.717) is 11.5 Å². The van der Waals surface area contributed by atoms with Gasteiger partial charge in [-0.1, -0.05) is 0 Å². The molecule has 0 aliphatic carbocycles. The number of H-pyrrole nitrogens is 1. The van der Waals surface area contributed by atoms with Gasteiger partial charge in [0.1, 0.15) is 11.3 Å². The highest BCUT2D eigenvalue weighted by atomic mass is 35.5. The second-order valence-electron chi connectivity index (χ2n) is 4.89. The topological polar surface area (TPSA) is 68.6 Å².